The number of allylic oxidation sites excluding steroid dienone is 5. The van der Waals surface area contributed by atoms with E-state index in [4.69, 9.17) is 9.15 Å². The van der Waals surface area contributed by atoms with Crippen molar-refractivity contribution in [2.24, 2.45) is 0 Å². The molecule has 0 bridgehead atoms. The predicted molar refractivity (Wildman–Crippen MR) is 222 cm³/mol. The van der Waals surface area contributed by atoms with Crippen LogP contribution in [0.3, 0.4) is 0 Å². The van der Waals surface area contributed by atoms with Gasteiger partial charge in [0.05, 0.1) is 33.2 Å². The van der Waals surface area contributed by atoms with Crippen molar-refractivity contribution in [3.8, 4) is 17.2 Å². The maximum Gasteiger partial charge on any atom is 0.156 e. The molecule has 5 heterocycles. The number of hydrogen-bond donors (Lipinski definition) is 0. The Hall–Kier alpha value is -7.04. The first kappa shape index (κ1) is 29.5. The first-order valence-electron chi connectivity index (χ1n) is 18.5. The molecular formula is C50H32N2O2. The van der Waals surface area contributed by atoms with Gasteiger partial charge in [-0.1, -0.05) is 122 Å². The van der Waals surface area contributed by atoms with Crippen LogP contribution >= 0.6 is 0 Å². The van der Waals surface area contributed by atoms with E-state index in [0.29, 0.717) is 0 Å². The van der Waals surface area contributed by atoms with Gasteiger partial charge in [-0.25, -0.2) is 0 Å². The highest BCUT2D eigenvalue weighted by atomic mass is 16.5. The number of furan rings is 1. The average molecular weight is 693 g/mol. The van der Waals surface area contributed by atoms with Crippen molar-refractivity contribution in [1.29, 1.82) is 0 Å². The average Bonchev–Trinajstić information content (AvgIpc) is 3.88. The summed E-state index contributed by atoms with van der Waals surface area (Å²) < 4.78 is 18.4. The van der Waals surface area contributed by atoms with Crippen LogP contribution in [0.4, 0.5) is 0 Å². The van der Waals surface area contributed by atoms with Crippen LogP contribution in [-0.2, 0) is 5.41 Å². The Morgan fingerprint density at radius 2 is 1.22 bits per heavy atom. The van der Waals surface area contributed by atoms with Gasteiger partial charge in [-0.2, -0.15) is 0 Å². The number of fused-ring (bicyclic) bond motifs is 15. The zero-order valence-electron chi connectivity index (χ0n) is 29.5. The Balaban J connectivity index is 1.28. The lowest BCUT2D eigenvalue weighted by Gasteiger charge is -2.45. The predicted octanol–water partition coefficient (Wildman–Crippen LogP) is 13.2. The summed E-state index contributed by atoms with van der Waals surface area (Å²) in [5.74, 6) is 1.70. The number of ether oxygens (including phenoxy) is 1. The number of aromatic nitrogens is 2. The molecule has 0 saturated carbocycles. The molecular weight excluding hydrogens is 661 g/mol. The van der Waals surface area contributed by atoms with Gasteiger partial charge in [-0.3, -0.25) is 0 Å². The zero-order valence-corrected chi connectivity index (χ0v) is 29.5. The van der Waals surface area contributed by atoms with Crippen molar-refractivity contribution in [1.82, 2.24) is 9.13 Å². The van der Waals surface area contributed by atoms with Gasteiger partial charge in [0.1, 0.15) is 16.9 Å². The molecule has 1 spiro atoms. The molecule has 0 fully saturated rings. The lowest BCUT2D eigenvalue weighted by Crippen LogP contribution is -2.38. The van der Waals surface area contributed by atoms with Gasteiger partial charge in [0.25, 0.3) is 0 Å². The van der Waals surface area contributed by atoms with Gasteiger partial charge in [-0.05, 0) is 66.6 Å². The highest BCUT2D eigenvalue weighted by Crippen LogP contribution is 2.62. The summed E-state index contributed by atoms with van der Waals surface area (Å²) in [6.45, 7) is 6.58. The molecule has 7 aromatic carbocycles. The van der Waals surface area contributed by atoms with E-state index in [2.05, 4.69) is 168 Å². The molecule has 1 unspecified atom stereocenters. The van der Waals surface area contributed by atoms with Crippen LogP contribution in [0, 0.1) is 0 Å². The summed E-state index contributed by atoms with van der Waals surface area (Å²) >= 11 is 0. The van der Waals surface area contributed by atoms with E-state index < -0.39 is 5.41 Å². The molecule has 54 heavy (non-hydrogen) atoms. The smallest absolute Gasteiger partial charge is 0.156 e. The van der Waals surface area contributed by atoms with E-state index in [1.807, 2.05) is 18.2 Å². The second-order valence-electron chi connectivity index (χ2n) is 14.4. The third-order valence-electron chi connectivity index (χ3n) is 11.9. The van der Waals surface area contributed by atoms with Crippen LogP contribution in [0.1, 0.15) is 23.6 Å². The molecule has 12 rings (SSSR count). The van der Waals surface area contributed by atoms with E-state index in [1.165, 1.54) is 32.8 Å². The second kappa shape index (κ2) is 10.5. The van der Waals surface area contributed by atoms with Crippen molar-refractivity contribution < 1.29 is 9.15 Å². The minimum absolute atomic E-state index is 0.718. The lowest BCUT2D eigenvalue weighted by molar-refractivity contribution is 0.438. The van der Waals surface area contributed by atoms with E-state index >= 15 is 0 Å². The summed E-state index contributed by atoms with van der Waals surface area (Å²) in [6.07, 6.45) is 6.49. The summed E-state index contributed by atoms with van der Waals surface area (Å²) in [5.41, 5.74) is 12.3. The quantitative estimate of drug-likeness (QED) is 0.185. The largest absolute Gasteiger partial charge is 0.456 e. The van der Waals surface area contributed by atoms with Gasteiger partial charge < -0.3 is 18.3 Å². The molecule has 0 saturated heterocycles. The van der Waals surface area contributed by atoms with Gasteiger partial charge in [0, 0.05) is 49.1 Å². The number of nitrogens with zero attached hydrogens (tertiary/aromatic N) is 2. The van der Waals surface area contributed by atoms with Crippen LogP contribution < -0.4 is 4.74 Å². The van der Waals surface area contributed by atoms with E-state index in [9.17, 15) is 0 Å². The minimum Gasteiger partial charge on any atom is -0.456 e. The van der Waals surface area contributed by atoms with Gasteiger partial charge >= 0.3 is 0 Å². The third kappa shape index (κ3) is 3.48. The highest BCUT2D eigenvalue weighted by Gasteiger charge is 2.51. The number of hydrogen-bond acceptors (Lipinski definition) is 2. The molecule has 0 radical (unpaired) electrons. The van der Waals surface area contributed by atoms with Gasteiger partial charge in [0.15, 0.2) is 5.75 Å². The Labute approximate surface area is 310 Å². The lowest BCUT2D eigenvalue weighted by atomic mass is 9.61. The van der Waals surface area contributed by atoms with Crippen molar-refractivity contribution in [3.05, 3.63) is 193 Å². The normalized spacial score (nSPS) is 16.4. The van der Waals surface area contributed by atoms with Crippen molar-refractivity contribution in [2.75, 3.05) is 0 Å². The van der Waals surface area contributed by atoms with Crippen LogP contribution in [0.15, 0.2) is 180 Å². The monoisotopic (exact) mass is 692 g/mol. The van der Waals surface area contributed by atoms with Crippen molar-refractivity contribution >= 4 is 71.2 Å². The fourth-order valence-corrected chi connectivity index (χ4v) is 9.86. The van der Waals surface area contributed by atoms with Gasteiger partial charge in [0.2, 0.25) is 0 Å². The van der Waals surface area contributed by atoms with Crippen LogP contribution in [0.25, 0.3) is 76.9 Å². The molecule has 2 aliphatic heterocycles. The second-order valence-corrected chi connectivity index (χ2v) is 14.4. The maximum atomic E-state index is 7.27. The van der Waals surface area contributed by atoms with Crippen LogP contribution in [-0.4, -0.2) is 9.13 Å². The number of benzene rings is 7. The molecule has 3 aromatic heterocycles. The molecule has 2 aliphatic rings. The fraction of sp³-hybridized carbons (Fsp3) is 0.0400. The van der Waals surface area contributed by atoms with E-state index in [-0.39, 0.29) is 0 Å². The molecule has 0 N–H and O–H groups in total. The zero-order chi connectivity index (χ0) is 35.7. The molecule has 0 amide bonds. The SMILES string of the molecule is C=CC1=C(/C=C\C)C2(c3ccccc3Oc3c2ccc2c4ccccc4n(-c4ccc5oc6ccccc6c5c4)c32)c2cccc3c4ccccc4n1c23. The van der Waals surface area contributed by atoms with Gasteiger partial charge in [-0.15, -0.1) is 0 Å². The summed E-state index contributed by atoms with van der Waals surface area (Å²) in [7, 11) is 0. The Kier molecular flexibility index (Phi) is 5.75. The first-order chi connectivity index (χ1) is 26.7. The summed E-state index contributed by atoms with van der Waals surface area (Å²) in [6, 6.07) is 52.2. The molecule has 0 aliphatic carbocycles. The van der Waals surface area contributed by atoms with E-state index in [0.717, 1.165) is 77.9 Å². The molecule has 10 aromatic rings. The molecule has 4 nitrogen and oxygen atoms in total. The standard InChI is InChI=1S/C50H32N2O2/c1-3-14-37-41(4-2)52-43-22-10-6-15-31(43)34-18-13-20-39(47(34)52)50(37)38-19-8-12-24-46(38)54-49-40(50)27-26-35-32-16-5-9-21-42(32)51(48(35)49)30-25-28-45-36(29-30)33-17-7-11-23-44(33)53-45/h3-29H,2H2,1H3/b14-3-. The maximum absolute atomic E-state index is 7.27. The topological polar surface area (TPSA) is 32.2 Å². The van der Waals surface area contributed by atoms with Crippen LogP contribution in [0.5, 0.6) is 11.5 Å². The van der Waals surface area contributed by atoms with Crippen molar-refractivity contribution in [2.45, 2.75) is 12.3 Å². The number of rotatable bonds is 3. The third-order valence-corrected chi connectivity index (χ3v) is 11.9. The minimum atomic E-state index is -0.718. The molecule has 254 valence electrons. The summed E-state index contributed by atoms with van der Waals surface area (Å²) in [4.78, 5) is 0. The van der Waals surface area contributed by atoms with Crippen molar-refractivity contribution in [3.63, 3.8) is 0 Å². The Morgan fingerprint density at radius 1 is 0.556 bits per heavy atom. The number of para-hydroxylation sites is 5. The van der Waals surface area contributed by atoms with E-state index in [1.54, 1.807) is 0 Å². The molecule has 4 heteroatoms. The highest BCUT2D eigenvalue weighted by molar-refractivity contribution is 6.16. The fourth-order valence-electron chi connectivity index (χ4n) is 9.86. The molecule has 1 atom stereocenters. The van der Waals surface area contributed by atoms with Crippen LogP contribution in [0.2, 0.25) is 0 Å². The first-order valence-corrected chi connectivity index (χ1v) is 18.5. The Bertz CT molecular complexity index is 3350. The summed E-state index contributed by atoms with van der Waals surface area (Å²) in [5, 5.41) is 6.95. The Morgan fingerprint density at radius 3 is 2.04 bits per heavy atom.